The van der Waals surface area contributed by atoms with Gasteiger partial charge < -0.3 is 5.32 Å². The number of hydrogen-bond donors (Lipinski definition) is 1. The molecule has 0 saturated carbocycles. The van der Waals surface area contributed by atoms with E-state index in [1.165, 1.54) is 23.9 Å². The fourth-order valence-electron chi connectivity index (χ4n) is 1.33. The molecule has 0 unspecified atom stereocenters. The van der Waals surface area contributed by atoms with Crippen molar-refractivity contribution in [1.82, 2.24) is 9.36 Å². The Bertz CT molecular complexity index is 430. The fourth-order valence-corrected chi connectivity index (χ4v) is 1.84. The zero-order valence-corrected chi connectivity index (χ0v) is 8.96. The number of aromatic nitrogens is 2. The Morgan fingerprint density at radius 2 is 2.20 bits per heavy atom. The molecule has 0 aliphatic heterocycles. The molecule has 3 nitrogen and oxygen atoms in total. The lowest BCUT2D eigenvalue weighted by Gasteiger charge is -2.13. The molecule has 0 saturated heterocycles. The van der Waals surface area contributed by atoms with Crippen LogP contribution in [0.4, 0.5) is 9.52 Å². The molecular formula is C10H10FN3S. The van der Waals surface area contributed by atoms with Gasteiger partial charge in [-0.15, -0.1) is 0 Å². The van der Waals surface area contributed by atoms with E-state index in [0.29, 0.717) is 10.7 Å². The van der Waals surface area contributed by atoms with Gasteiger partial charge in [-0.1, -0.05) is 18.2 Å². The van der Waals surface area contributed by atoms with E-state index in [-0.39, 0.29) is 11.9 Å². The maximum Gasteiger partial charge on any atom is 0.202 e. The predicted octanol–water partition coefficient (Wildman–Crippen LogP) is 2.85. The van der Waals surface area contributed by atoms with Crippen molar-refractivity contribution in [2.45, 2.75) is 13.0 Å². The molecule has 1 aromatic carbocycles. The highest BCUT2D eigenvalue weighted by atomic mass is 32.1. The van der Waals surface area contributed by atoms with Crippen LogP contribution in [0.2, 0.25) is 0 Å². The standard InChI is InChI=1S/C10H10FN3S/c1-7(14-10-12-6-13-15-10)8-4-2-3-5-9(8)11/h2-7H,1H3,(H,12,13,14)/t7-/m0/s1. The number of hydrogen-bond acceptors (Lipinski definition) is 4. The highest BCUT2D eigenvalue weighted by Crippen LogP contribution is 2.21. The third-order valence-electron chi connectivity index (χ3n) is 2.07. The molecule has 0 aliphatic rings. The molecule has 0 fully saturated rings. The molecule has 1 aromatic heterocycles. The quantitative estimate of drug-likeness (QED) is 0.869. The van der Waals surface area contributed by atoms with Crippen molar-refractivity contribution in [3.63, 3.8) is 0 Å². The van der Waals surface area contributed by atoms with Crippen LogP contribution in [-0.2, 0) is 0 Å². The smallest absolute Gasteiger partial charge is 0.202 e. The van der Waals surface area contributed by atoms with E-state index in [1.807, 2.05) is 13.0 Å². The van der Waals surface area contributed by atoms with Crippen LogP contribution in [0.25, 0.3) is 0 Å². The molecule has 0 aliphatic carbocycles. The third-order valence-corrected chi connectivity index (χ3v) is 2.67. The SMILES string of the molecule is C[C@H](Nc1ncns1)c1ccccc1F. The second-order valence-corrected chi connectivity index (χ2v) is 3.91. The number of rotatable bonds is 3. The van der Waals surface area contributed by atoms with E-state index in [9.17, 15) is 4.39 Å². The summed E-state index contributed by atoms with van der Waals surface area (Å²) in [6, 6.07) is 6.59. The van der Waals surface area contributed by atoms with Crippen molar-refractivity contribution in [3.8, 4) is 0 Å². The van der Waals surface area contributed by atoms with E-state index in [2.05, 4.69) is 14.7 Å². The number of benzene rings is 1. The normalized spacial score (nSPS) is 12.4. The Kier molecular flexibility index (Phi) is 2.91. The van der Waals surface area contributed by atoms with Crippen LogP contribution < -0.4 is 5.32 Å². The summed E-state index contributed by atoms with van der Waals surface area (Å²) in [7, 11) is 0. The molecule has 15 heavy (non-hydrogen) atoms. The fraction of sp³-hybridized carbons (Fsp3) is 0.200. The van der Waals surface area contributed by atoms with Gasteiger partial charge in [-0.25, -0.2) is 9.37 Å². The number of halogens is 1. The Morgan fingerprint density at radius 1 is 1.40 bits per heavy atom. The lowest BCUT2D eigenvalue weighted by atomic mass is 10.1. The first-order valence-corrected chi connectivity index (χ1v) is 5.32. The molecule has 0 spiro atoms. The van der Waals surface area contributed by atoms with Gasteiger partial charge in [-0.3, -0.25) is 0 Å². The summed E-state index contributed by atoms with van der Waals surface area (Å²) in [5, 5.41) is 3.78. The van der Waals surface area contributed by atoms with E-state index >= 15 is 0 Å². The van der Waals surface area contributed by atoms with Gasteiger partial charge in [0.05, 0.1) is 6.04 Å². The molecule has 5 heteroatoms. The minimum atomic E-state index is -0.206. The van der Waals surface area contributed by atoms with E-state index in [4.69, 9.17) is 0 Å². The molecule has 1 heterocycles. The second kappa shape index (κ2) is 4.35. The van der Waals surface area contributed by atoms with Crippen molar-refractivity contribution in [1.29, 1.82) is 0 Å². The molecule has 0 bridgehead atoms. The lowest BCUT2D eigenvalue weighted by molar-refractivity contribution is 0.600. The monoisotopic (exact) mass is 223 g/mol. The van der Waals surface area contributed by atoms with Crippen molar-refractivity contribution < 1.29 is 4.39 Å². The predicted molar refractivity (Wildman–Crippen MR) is 58.3 cm³/mol. The second-order valence-electron chi connectivity index (χ2n) is 3.13. The first-order chi connectivity index (χ1) is 7.27. The molecular weight excluding hydrogens is 213 g/mol. The summed E-state index contributed by atoms with van der Waals surface area (Å²) in [4.78, 5) is 3.99. The van der Waals surface area contributed by atoms with E-state index < -0.39 is 0 Å². The number of nitrogens with zero attached hydrogens (tertiary/aromatic N) is 2. The largest absolute Gasteiger partial charge is 0.354 e. The van der Waals surface area contributed by atoms with Crippen LogP contribution in [0.5, 0.6) is 0 Å². The van der Waals surface area contributed by atoms with Gasteiger partial charge >= 0.3 is 0 Å². The Balaban J connectivity index is 2.15. The van der Waals surface area contributed by atoms with Crippen molar-refractivity contribution >= 4 is 16.7 Å². The Morgan fingerprint density at radius 3 is 2.87 bits per heavy atom. The minimum Gasteiger partial charge on any atom is -0.354 e. The zero-order valence-electron chi connectivity index (χ0n) is 8.14. The topological polar surface area (TPSA) is 37.8 Å². The van der Waals surface area contributed by atoms with Crippen LogP contribution in [0.15, 0.2) is 30.6 Å². The molecule has 2 rings (SSSR count). The average Bonchev–Trinajstić information content (AvgIpc) is 2.71. The summed E-state index contributed by atoms with van der Waals surface area (Å²) in [6.45, 7) is 1.89. The van der Waals surface area contributed by atoms with Crippen molar-refractivity contribution in [3.05, 3.63) is 42.0 Å². The van der Waals surface area contributed by atoms with Crippen molar-refractivity contribution in [2.24, 2.45) is 0 Å². The molecule has 1 atom stereocenters. The Labute approximate surface area is 91.2 Å². The summed E-state index contributed by atoms with van der Waals surface area (Å²) in [5.74, 6) is -0.206. The highest BCUT2D eigenvalue weighted by Gasteiger charge is 2.10. The maximum absolute atomic E-state index is 13.4. The summed E-state index contributed by atoms with van der Waals surface area (Å²) in [6.07, 6.45) is 1.47. The van der Waals surface area contributed by atoms with Gasteiger partial charge in [0, 0.05) is 17.1 Å². The number of anilines is 1. The Hall–Kier alpha value is -1.49. The first kappa shape index (κ1) is 10.0. The molecule has 78 valence electrons. The minimum absolute atomic E-state index is 0.112. The number of nitrogens with one attached hydrogen (secondary N) is 1. The van der Waals surface area contributed by atoms with E-state index in [0.717, 1.165) is 0 Å². The van der Waals surface area contributed by atoms with E-state index in [1.54, 1.807) is 12.1 Å². The first-order valence-electron chi connectivity index (χ1n) is 4.55. The molecule has 0 radical (unpaired) electrons. The maximum atomic E-state index is 13.4. The molecule has 1 N–H and O–H groups in total. The van der Waals surface area contributed by atoms with Gasteiger partial charge in [0.15, 0.2) is 0 Å². The van der Waals surface area contributed by atoms with Gasteiger partial charge in [-0.05, 0) is 13.0 Å². The zero-order chi connectivity index (χ0) is 10.7. The third kappa shape index (κ3) is 2.30. The van der Waals surface area contributed by atoms with Gasteiger partial charge in [-0.2, -0.15) is 4.37 Å². The summed E-state index contributed by atoms with van der Waals surface area (Å²) >= 11 is 1.26. The van der Waals surface area contributed by atoms with Gasteiger partial charge in [0.25, 0.3) is 0 Å². The van der Waals surface area contributed by atoms with Crippen LogP contribution in [0.1, 0.15) is 18.5 Å². The lowest BCUT2D eigenvalue weighted by Crippen LogP contribution is -2.08. The molecule has 2 aromatic rings. The van der Waals surface area contributed by atoms with Gasteiger partial charge in [0.1, 0.15) is 12.1 Å². The summed E-state index contributed by atoms with van der Waals surface area (Å²) in [5.41, 5.74) is 0.632. The summed E-state index contributed by atoms with van der Waals surface area (Å²) < 4.78 is 17.3. The van der Waals surface area contributed by atoms with Crippen LogP contribution >= 0.6 is 11.5 Å². The highest BCUT2D eigenvalue weighted by molar-refractivity contribution is 7.09. The molecule has 0 amide bonds. The van der Waals surface area contributed by atoms with Crippen LogP contribution in [-0.4, -0.2) is 9.36 Å². The van der Waals surface area contributed by atoms with Crippen LogP contribution in [0, 0.1) is 5.82 Å². The van der Waals surface area contributed by atoms with Gasteiger partial charge in [0.2, 0.25) is 5.13 Å². The van der Waals surface area contributed by atoms with Crippen LogP contribution in [0.3, 0.4) is 0 Å². The van der Waals surface area contributed by atoms with Crippen molar-refractivity contribution in [2.75, 3.05) is 5.32 Å². The average molecular weight is 223 g/mol.